The zero-order valence-electron chi connectivity index (χ0n) is 12.7. The van der Waals surface area contributed by atoms with Crippen LogP contribution in [0.2, 0.25) is 0 Å². The molecule has 0 aromatic heterocycles. The minimum absolute atomic E-state index is 0.103. The number of nitrogens with zero attached hydrogens (tertiary/aromatic N) is 1. The quantitative estimate of drug-likeness (QED) is 0.821. The molecule has 0 bridgehead atoms. The Bertz CT molecular complexity index is 517. The number of piperazine rings is 1. The van der Waals surface area contributed by atoms with Crippen molar-refractivity contribution in [3.05, 3.63) is 29.8 Å². The fourth-order valence-corrected chi connectivity index (χ4v) is 2.24. The van der Waals surface area contributed by atoms with Crippen molar-refractivity contribution in [3.8, 4) is 5.75 Å². The molecule has 1 aliphatic heterocycles. The zero-order chi connectivity index (χ0) is 16.7. The number of carbonyl (C=O) groups is 1. The molecule has 1 heterocycles. The van der Waals surface area contributed by atoms with Crippen molar-refractivity contribution < 1.29 is 22.7 Å². The first-order valence-corrected chi connectivity index (χ1v) is 7.41. The van der Waals surface area contributed by atoms with Crippen LogP contribution in [-0.4, -0.2) is 56.3 Å². The normalized spacial score (nSPS) is 16.1. The van der Waals surface area contributed by atoms with Gasteiger partial charge in [-0.25, -0.2) is 0 Å². The minimum Gasteiger partial charge on any atom is -0.484 e. The number of benzene rings is 1. The highest BCUT2D eigenvalue weighted by atomic mass is 19.4. The van der Waals surface area contributed by atoms with Crippen LogP contribution < -0.4 is 15.4 Å². The van der Waals surface area contributed by atoms with E-state index in [4.69, 9.17) is 0 Å². The van der Waals surface area contributed by atoms with Crippen molar-refractivity contribution >= 4 is 5.91 Å². The van der Waals surface area contributed by atoms with Gasteiger partial charge in [0, 0.05) is 32.7 Å². The summed E-state index contributed by atoms with van der Waals surface area (Å²) in [7, 11) is 0. The van der Waals surface area contributed by atoms with E-state index in [-0.39, 0.29) is 18.2 Å². The van der Waals surface area contributed by atoms with Gasteiger partial charge in [-0.2, -0.15) is 13.2 Å². The molecule has 8 heteroatoms. The van der Waals surface area contributed by atoms with Gasteiger partial charge in [0.2, 0.25) is 5.91 Å². The molecule has 0 radical (unpaired) electrons. The van der Waals surface area contributed by atoms with Crippen LogP contribution in [0.15, 0.2) is 24.3 Å². The van der Waals surface area contributed by atoms with E-state index in [0.717, 1.165) is 26.2 Å². The molecule has 0 atom stereocenters. The Morgan fingerprint density at radius 2 is 2.04 bits per heavy atom. The van der Waals surface area contributed by atoms with Crippen molar-refractivity contribution in [2.75, 3.05) is 39.3 Å². The maximum absolute atomic E-state index is 12.1. The third kappa shape index (κ3) is 6.87. The molecule has 1 amide bonds. The van der Waals surface area contributed by atoms with E-state index < -0.39 is 12.8 Å². The Balaban J connectivity index is 1.77. The molecule has 1 aromatic rings. The molecule has 23 heavy (non-hydrogen) atoms. The number of ether oxygens (including phenoxy) is 1. The monoisotopic (exact) mass is 331 g/mol. The van der Waals surface area contributed by atoms with E-state index in [1.54, 1.807) is 12.1 Å². The second-order valence-electron chi connectivity index (χ2n) is 5.35. The van der Waals surface area contributed by atoms with Gasteiger partial charge in [0.15, 0.2) is 6.61 Å². The summed E-state index contributed by atoms with van der Waals surface area (Å²) in [5.41, 5.74) is 0.693. The topological polar surface area (TPSA) is 53.6 Å². The minimum atomic E-state index is -4.37. The van der Waals surface area contributed by atoms with Gasteiger partial charge in [0.05, 0.1) is 6.54 Å². The van der Waals surface area contributed by atoms with Crippen molar-refractivity contribution in [2.24, 2.45) is 0 Å². The van der Waals surface area contributed by atoms with Crippen LogP contribution >= 0.6 is 0 Å². The van der Waals surface area contributed by atoms with Crippen LogP contribution in [0, 0.1) is 0 Å². The SMILES string of the molecule is O=C(CN1CCNCC1)NCc1cccc(OCC(F)(F)F)c1. The number of hydrogen-bond acceptors (Lipinski definition) is 4. The first kappa shape index (κ1) is 17.6. The average Bonchev–Trinajstić information content (AvgIpc) is 2.52. The first-order valence-electron chi connectivity index (χ1n) is 7.41. The lowest BCUT2D eigenvalue weighted by molar-refractivity contribution is -0.153. The van der Waals surface area contributed by atoms with E-state index >= 15 is 0 Å². The summed E-state index contributed by atoms with van der Waals surface area (Å²) in [4.78, 5) is 13.9. The second kappa shape index (κ2) is 8.16. The van der Waals surface area contributed by atoms with Gasteiger partial charge < -0.3 is 15.4 Å². The van der Waals surface area contributed by atoms with E-state index in [9.17, 15) is 18.0 Å². The Labute approximate surface area is 132 Å². The highest BCUT2D eigenvalue weighted by molar-refractivity contribution is 5.78. The largest absolute Gasteiger partial charge is 0.484 e. The molecular formula is C15H20F3N3O2. The summed E-state index contributed by atoms with van der Waals surface area (Å²) in [6, 6.07) is 6.28. The molecule has 0 aliphatic carbocycles. The fraction of sp³-hybridized carbons (Fsp3) is 0.533. The molecule has 1 saturated heterocycles. The lowest BCUT2D eigenvalue weighted by Crippen LogP contribution is -2.47. The van der Waals surface area contributed by atoms with Crippen LogP contribution in [0.5, 0.6) is 5.75 Å². The predicted octanol–water partition coefficient (Wildman–Crippen LogP) is 1.15. The summed E-state index contributed by atoms with van der Waals surface area (Å²) in [6.07, 6.45) is -4.37. The summed E-state index contributed by atoms with van der Waals surface area (Å²) < 4.78 is 41.1. The van der Waals surface area contributed by atoms with Gasteiger partial charge in [0.1, 0.15) is 5.75 Å². The van der Waals surface area contributed by atoms with Gasteiger partial charge in [-0.1, -0.05) is 12.1 Å². The lowest BCUT2D eigenvalue weighted by Gasteiger charge is -2.26. The summed E-state index contributed by atoms with van der Waals surface area (Å²) in [6.45, 7) is 2.64. The summed E-state index contributed by atoms with van der Waals surface area (Å²) in [5.74, 6) is 0.0321. The molecular weight excluding hydrogens is 311 g/mol. The number of rotatable bonds is 6. The smallest absolute Gasteiger partial charge is 0.422 e. The molecule has 1 fully saturated rings. The van der Waals surface area contributed by atoms with Crippen LogP contribution in [-0.2, 0) is 11.3 Å². The highest BCUT2D eigenvalue weighted by Crippen LogP contribution is 2.19. The maximum atomic E-state index is 12.1. The molecule has 5 nitrogen and oxygen atoms in total. The Morgan fingerprint density at radius 1 is 1.30 bits per heavy atom. The third-order valence-corrected chi connectivity index (χ3v) is 3.37. The Morgan fingerprint density at radius 3 is 2.74 bits per heavy atom. The summed E-state index contributed by atoms with van der Waals surface area (Å²) >= 11 is 0. The Kier molecular flexibility index (Phi) is 6.23. The lowest BCUT2D eigenvalue weighted by atomic mass is 10.2. The van der Waals surface area contributed by atoms with Crippen molar-refractivity contribution in [2.45, 2.75) is 12.7 Å². The van der Waals surface area contributed by atoms with Gasteiger partial charge in [-0.15, -0.1) is 0 Å². The number of carbonyl (C=O) groups excluding carboxylic acids is 1. The molecule has 2 rings (SSSR count). The molecule has 0 unspecified atom stereocenters. The highest BCUT2D eigenvalue weighted by Gasteiger charge is 2.28. The van der Waals surface area contributed by atoms with Crippen LogP contribution in [0.1, 0.15) is 5.56 Å². The molecule has 2 N–H and O–H groups in total. The second-order valence-corrected chi connectivity index (χ2v) is 5.35. The molecule has 1 aliphatic rings. The molecule has 1 aromatic carbocycles. The van der Waals surface area contributed by atoms with Crippen LogP contribution in [0.25, 0.3) is 0 Å². The number of nitrogens with one attached hydrogen (secondary N) is 2. The molecule has 128 valence electrons. The number of alkyl halides is 3. The number of halogens is 3. The van der Waals surface area contributed by atoms with E-state index in [1.807, 2.05) is 0 Å². The zero-order valence-corrected chi connectivity index (χ0v) is 12.7. The number of hydrogen-bond donors (Lipinski definition) is 2. The van der Waals surface area contributed by atoms with E-state index in [2.05, 4.69) is 20.3 Å². The van der Waals surface area contributed by atoms with Gasteiger partial charge >= 0.3 is 6.18 Å². The van der Waals surface area contributed by atoms with Crippen LogP contribution in [0.3, 0.4) is 0 Å². The fourth-order valence-electron chi connectivity index (χ4n) is 2.24. The first-order chi connectivity index (χ1) is 10.9. The van der Waals surface area contributed by atoms with E-state index in [1.165, 1.54) is 12.1 Å². The third-order valence-electron chi connectivity index (χ3n) is 3.37. The summed E-state index contributed by atoms with van der Waals surface area (Å²) in [5, 5.41) is 5.97. The average molecular weight is 331 g/mol. The predicted molar refractivity (Wildman–Crippen MR) is 79.1 cm³/mol. The van der Waals surface area contributed by atoms with E-state index in [0.29, 0.717) is 12.1 Å². The van der Waals surface area contributed by atoms with Crippen molar-refractivity contribution in [1.82, 2.24) is 15.5 Å². The Hall–Kier alpha value is -1.80. The van der Waals surface area contributed by atoms with Gasteiger partial charge in [0.25, 0.3) is 0 Å². The van der Waals surface area contributed by atoms with Crippen LogP contribution in [0.4, 0.5) is 13.2 Å². The molecule has 0 saturated carbocycles. The van der Waals surface area contributed by atoms with Gasteiger partial charge in [-0.05, 0) is 17.7 Å². The standard InChI is InChI=1S/C15H20F3N3O2/c16-15(17,18)11-23-13-3-1-2-12(8-13)9-20-14(22)10-21-6-4-19-5-7-21/h1-3,8,19H,4-7,9-11H2,(H,20,22). The van der Waals surface area contributed by atoms with Crippen molar-refractivity contribution in [1.29, 1.82) is 0 Å². The maximum Gasteiger partial charge on any atom is 0.422 e. The number of amides is 1. The van der Waals surface area contributed by atoms with Crippen molar-refractivity contribution in [3.63, 3.8) is 0 Å². The molecule has 0 spiro atoms. The van der Waals surface area contributed by atoms with Gasteiger partial charge in [-0.3, -0.25) is 9.69 Å².